The highest BCUT2D eigenvalue weighted by Crippen LogP contribution is 2.27. The zero-order valence-electron chi connectivity index (χ0n) is 8.50. The van der Waals surface area contributed by atoms with Crippen LogP contribution in [0.3, 0.4) is 0 Å². The van der Waals surface area contributed by atoms with Crippen molar-refractivity contribution in [3.63, 3.8) is 0 Å². The highest BCUT2D eigenvalue weighted by molar-refractivity contribution is 5.29. The summed E-state index contributed by atoms with van der Waals surface area (Å²) in [6, 6.07) is 9.72. The van der Waals surface area contributed by atoms with Gasteiger partial charge in [0.05, 0.1) is 0 Å². The van der Waals surface area contributed by atoms with E-state index in [1.54, 1.807) is 11.1 Å². The number of fused-ring (bicyclic) bond motifs is 2. The summed E-state index contributed by atoms with van der Waals surface area (Å²) in [5, 5.41) is 3.66. The molecule has 0 amide bonds. The normalized spacial score (nSPS) is 30.6. The lowest BCUT2D eigenvalue weighted by Gasteiger charge is -2.34. The van der Waals surface area contributed by atoms with Crippen molar-refractivity contribution >= 4 is 0 Å². The van der Waals surface area contributed by atoms with Crippen molar-refractivity contribution in [1.82, 2.24) is 5.32 Å². The lowest BCUT2D eigenvalue weighted by atomic mass is 9.81. The molecule has 4 rings (SSSR count). The van der Waals surface area contributed by atoms with E-state index >= 15 is 0 Å². The quantitative estimate of drug-likeness (QED) is 0.656. The molecule has 2 bridgehead atoms. The summed E-state index contributed by atoms with van der Waals surface area (Å²) in [5.41, 5.74) is 3.18. The summed E-state index contributed by atoms with van der Waals surface area (Å²) >= 11 is 0. The molecule has 14 heavy (non-hydrogen) atoms. The van der Waals surface area contributed by atoms with E-state index in [0.717, 1.165) is 12.0 Å². The van der Waals surface area contributed by atoms with Crippen LogP contribution in [0.5, 0.6) is 0 Å². The molecule has 0 spiro atoms. The van der Waals surface area contributed by atoms with Gasteiger partial charge in [0.25, 0.3) is 0 Å². The van der Waals surface area contributed by atoms with E-state index in [0.29, 0.717) is 0 Å². The summed E-state index contributed by atoms with van der Waals surface area (Å²) < 4.78 is 0. The molecule has 1 fully saturated rings. The van der Waals surface area contributed by atoms with E-state index in [4.69, 9.17) is 0 Å². The van der Waals surface area contributed by atoms with Crippen LogP contribution in [0.25, 0.3) is 0 Å². The lowest BCUT2D eigenvalue weighted by Crippen LogP contribution is -2.42. The molecule has 0 radical (unpaired) electrons. The minimum absolute atomic E-state index is 0.743. The van der Waals surface area contributed by atoms with Crippen LogP contribution >= 0.6 is 0 Å². The van der Waals surface area contributed by atoms with E-state index in [1.165, 1.54) is 32.2 Å². The van der Waals surface area contributed by atoms with Crippen LogP contribution in [-0.2, 0) is 12.8 Å². The molecule has 2 atom stereocenters. The summed E-state index contributed by atoms with van der Waals surface area (Å²) in [7, 11) is 0. The van der Waals surface area contributed by atoms with Crippen LogP contribution in [0.1, 0.15) is 24.0 Å². The molecule has 1 aromatic rings. The van der Waals surface area contributed by atoms with Gasteiger partial charge in [0.1, 0.15) is 0 Å². The maximum Gasteiger partial charge on any atom is 0.0108 e. The minimum atomic E-state index is 0.743. The summed E-state index contributed by atoms with van der Waals surface area (Å²) in [6.45, 7) is 1.24. The Balaban J connectivity index is 1.98. The van der Waals surface area contributed by atoms with Gasteiger partial charge in [0.15, 0.2) is 0 Å². The Morgan fingerprint density at radius 3 is 2.50 bits per heavy atom. The third-order valence-corrected chi connectivity index (χ3v) is 3.71. The van der Waals surface area contributed by atoms with Gasteiger partial charge in [-0.25, -0.2) is 0 Å². The molecule has 0 saturated carbocycles. The average Bonchev–Trinajstić information content (AvgIpc) is 2.17. The van der Waals surface area contributed by atoms with Gasteiger partial charge in [-0.05, 0) is 49.3 Å². The van der Waals surface area contributed by atoms with Crippen LogP contribution in [0.2, 0.25) is 0 Å². The monoisotopic (exact) mass is 187 g/mol. The zero-order chi connectivity index (χ0) is 9.38. The molecule has 3 aliphatic rings. The summed E-state index contributed by atoms with van der Waals surface area (Å²) in [5.74, 6) is 0.882. The van der Waals surface area contributed by atoms with Crippen molar-refractivity contribution in [2.75, 3.05) is 6.54 Å². The molecule has 1 saturated heterocycles. The molecule has 1 aliphatic carbocycles. The Kier molecular flexibility index (Phi) is 2.06. The van der Waals surface area contributed by atoms with Crippen molar-refractivity contribution < 1.29 is 0 Å². The van der Waals surface area contributed by atoms with Crippen LogP contribution in [0.4, 0.5) is 0 Å². The van der Waals surface area contributed by atoms with Crippen molar-refractivity contribution in [3.05, 3.63) is 35.4 Å². The molecular weight excluding hydrogens is 170 g/mol. The first-order chi connectivity index (χ1) is 6.92. The maximum atomic E-state index is 3.66. The molecule has 1 heteroatoms. The van der Waals surface area contributed by atoms with Gasteiger partial charge in [-0.15, -0.1) is 0 Å². The van der Waals surface area contributed by atoms with E-state index in [9.17, 15) is 0 Å². The van der Waals surface area contributed by atoms with E-state index in [-0.39, 0.29) is 0 Å². The third kappa shape index (κ3) is 1.46. The van der Waals surface area contributed by atoms with Gasteiger partial charge in [-0.1, -0.05) is 24.3 Å². The van der Waals surface area contributed by atoms with Crippen LogP contribution in [0.15, 0.2) is 24.3 Å². The second kappa shape index (κ2) is 3.39. The molecule has 1 aromatic carbocycles. The molecule has 1 N–H and O–H groups in total. The molecular formula is C13H17N. The third-order valence-electron chi connectivity index (χ3n) is 3.71. The number of hydrogen-bond acceptors (Lipinski definition) is 1. The van der Waals surface area contributed by atoms with E-state index in [1.807, 2.05) is 0 Å². The van der Waals surface area contributed by atoms with Gasteiger partial charge in [0.2, 0.25) is 0 Å². The van der Waals surface area contributed by atoms with Crippen molar-refractivity contribution in [2.45, 2.75) is 31.7 Å². The Labute approximate surface area is 85.5 Å². The Hall–Kier alpha value is -0.820. The van der Waals surface area contributed by atoms with Gasteiger partial charge >= 0.3 is 0 Å². The molecule has 2 aliphatic heterocycles. The second-order valence-electron chi connectivity index (χ2n) is 4.73. The Morgan fingerprint density at radius 2 is 1.79 bits per heavy atom. The van der Waals surface area contributed by atoms with Gasteiger partial charge in [-0.3, -0.25) is 0 Å². The SMILES string of the molecule is c1ccc2c(c1)CC1CCC(C2)NC1. The number of piperidine rings is 1. The fourth-order valence-corrected chi connectivity index (χ4v) is 2.86. The Morgan fingerprint density at radius 1 is 1.00 bits per heavy atom. The van der Waals surface area contributed by atoms with Crippen LogP contribution < -0.4 is 5.32 Å². The number of rotatable bonds is 0. The van der Waals surface area contributed by atoms with Crippen molar-refractivity contribution in [1.29, 1.82) is 0 Å². The molecule has 0 aromatic heterocycles. The van der Waals surface area contributed by atoms with E-state index in [2.05, 4.69) is 29.6 Å². The first kappa shape index (κ1) is 8.49. The molecule has 2 unspecified atom stereocenters. The smallest absolute Gasteiger partial charge is 0.0108 e. The number of benzene rings is 1. The summed E-state index contributed by atoms with van der Waals surface area (Å²) in [4.78, 5) is 0. The Bertz CT molecular complexity index is 291. The molecule has 1 nitrogen and oxygen atoms in total. The highest BCUT2D eigenvalue weighted by atomic mass is 14.9. The lowest BCUT2D eigenvalue weighted by molar-refractivity contribution is 0.296. The molecule has 74 valence electrons. The van der Waals surface area contributed by atoms with Crippen LogP contribution in [-0.4, -0.2) is 12.6 Å². The predicted octanol–water partition coefficient (Wildman–Crippen LogP) is 2.15. The topological polar surface area (TPSA) is 12.0 Å². The minimum Gasteiger partial charge on any atom is -0.313 e. The maximum absolute atomic E-state index is 3.66. The fourth-order valence-electron chi connectivity index (χ4n) is 2.86. The summed E-state index contributed by atoms with van der Waals surface area (Å²) in [6.07, 6.45) is 5.32. The second-order valence-corrected chi connectivity index (χ2v) is 4.73. The van der Waals surface area contributed by atoms with E-state index < -0.39 is 0 Å². The highest BCUT2D eigenvalue weighted by Gasteiger charge is 2.25. The average molecular weight is 187 g/mol. The largest absolute Gasteiger partial charge is 0.313 e. The van der Waals surface area contributed by atoms with Gasteiger partial charge in [0, 0.05) is 6.04 Å². The number of hydrogen-bond donors (Lipinski definition) is 1. The van der Waals surface area contributed by atoms with Gasteiger partial charge < -0.3 is 5.32 Å². The zero-order valence-corrected chi connectivity index (χ0v) is 8.50. The van der Waals surface area contributed by atoms with Gasteiger partial charge in [-0.2, -0.15) is 0 Å². The molecule has 2 heterocycles. The predicted molar refractivity (Wildman–Crippen MR) is 58.4 cm³/mol. The van der Waals surface area contributed by atoms with Crippen molar-refractivity contribution in [2.24, 2.45) is 5.92 Å². The number of nitrogens with one attached hydrogen (secondary N) is 1. The van der Waals surface area contributed by atoms with Crippen LogP contribution in [0, 0.1) is 5.92 Å². The van der Waals surface area contributed by atoms with Crippen molar-refractivity contribution in [3.8, 4) is 0 Å². The first-order valence-corrected chi connectivity index (χ1v) is 5.72. The first-order valence-electron chi connectivity index (χ1n) is 5.72. The fraction of sp³-hybridized carbons (Fsp3) is 0.538. The standard InChI is InChI=1S/C13H17N/c1-2-4-12-8-13-6-5-10(9-14-13)7-11(12)3-1/h1-4,10,13-14H,5-9H2.